The molecule has 2 fully saturated rings. The van der Waals surface area contributed by atoms with Gasteiger partial charge >= 0.3 is 0 Å². The van der Waals surface area contributed by atoms with Crippen LogP contribution in [0, 0.1) is 5.92 Å². The smallest absolute Gasteiger partial charge is 0.0642 e. The van der Waals surface area contributed by atoms with Crippen LogP contribution in [0.25, 0.3) is 0 Å². The first-order chi connectivity index (χ1) is 10.2. The largest absolute Gasteiger partial charge is 0.367 e. The normalized spacial score (nSPS) is 27.3. The molecule has 0 aromatic heterocycles. The molecule has 2 aliphatic rings. The van der Waals surface area contributed by atoms with Crippen molar-refractivity contribution in [2.45, 2.75) is 57.5 Å². The second kappa shape index (κ2) is 6.58. The lowest BCUT2D eigenvalue weighted by Crippen LogP contribution is -2.47. The van der Waals surface area contributed by atoms with Crippen molar-refractivity contribution in [1.29, 1.82) is 0 Å². The maximum Gasteiger partial charge on any atom is 0.0642 e. The molecule has 1 aromatic rings. The molecular weight excluding hydrogens is 280 g/mol. The minimum Gasteiger partial charge on any atom is -0.367 e. The summed E-state index contributed by atoms with van der Waals surface area (Å²) < 4.78 is 0. The lowest BCUT2D eigenvalue weighted by Gasteiger charge is -2.45. The average Bonchev–Trinajstić information content (AvgIpc) is 2.53. The molecule has 0 amide bonds. The van der Waals surface area contributed by atoms with Gasteiger partial charge in [-0.15, -0.1) is 0 Å². The fourth-order valence-electron chi connectivity index (χ4n) is 4.12. The fourth-order valence-corrected chi connectivity index (χ4v) is 4.41. The molecule has 1 saturated carbocycles. The number of piperidine rings is 1. The molecule has 2 nitrogen and oxygen atoms in total. The van der Waals surface area contributed by atoms with Gasteiger partial charge in [-0.1, -0.05) is 30.5 Å². The zero-order chi connectivity index (χ0) is 14.8. The molecule has 116 valence electrons. The van der Waals surface area contributed by atoms with Crippen LogP contribution in [0.15, 0.2) is 18.2 Å². The van der Waals surface area contributed by atoms with Crippen LogP contribution in [0.5, 0.6) is 0 Å². The van der Waals surface area contributed by atoms with E-state index in [0.29, 0.717) is 6.04 Å². The summed E-state index contributed by atoms with van der Waals surface area (Å²) in [6.07, 6.45) is 8.27. The molecule has 3 atom stereocenters. The van der Waals surface area contributed by atoms with Gasteiger partial charge in [-0.2, -0.15) is 0 Å². The molecule has 0 bridgehead atoms. The maximum absolute atomic E-state index is 6.63. The Morgan fingerprint density at radius 2 is 1.95 bits per heavy atom. The second-order valence-electron chi connectivity index (χ2n) is 6.67. The van der Waals surface area contributed by atoms with Gasteiger partial charge in [0.1, 0.15) is 0 Å². The molecule has 1 heterocycles. The van der Waals surface area contributed by atoms with E-state index in [1.54, 1.807) is 0 Å². The summed E-state index contributed by atoms with van der Waals surface area (Å²) in [5.74, 6) is 0.888. The Bertz CT molecular complexity index is 486. The van der Waals surface area contributed by atoms with Crippen molar-refractivity contribution in [3.05, 3.63) is 28.8 Å². The molecule has 1 aliphatic heterocycles. The number of hydrogen-bond donors (Lipinski definition) is 1. The minimum absolute atomic E-state index is 0.348. The number of nitrogens with zero attached hydrogens (tertiary/aromatic N) is 1. The van der Waals surface area contributed by atoms with Crippen molar-refractivity contribution in [3.63, 3.8) is 0 Å². The molecule has 1 aliphatic carbocycles. The molecule has 0 radical (unpaired) electrons. The molecular formula is C18H27ClN2. The Balaban J connectivity index is 1.85. The topological polar surface area (TPSA) is 15.3 Å². The first kappa shape index (κ1) is 15.2. The Morgan fingerprint density at radius 3 is 2.71 bits per heavy atom. The Morgan fingerprint density at radius 1 is 1.19 bits per heavy atom. The van der Waals surface area contributed by atoms with E-state index in [4.69, 9.17) is 11.6 Å². The summed E-state index contributed by atoms with van der Waals surface area (Å²) in [7, 11) is 1.99. The second-order valence-corrected chi connectivity index (χ2v) is 7.08. The maximum atomic E-state index is 6.63. The van der Waals surface area contributed by atoms with Crippen LogP contribution in [-0.4, -0.2) is 19.6 Å². The monoisotopic (exact) mass is 306 g/mol. The highest BCUT2D eigenvalue weighted by molar-refractivity contribution is 6.33. The Labute approximate surface area is 133 Å². The quantitative estimate of drug-likeness (QED) is 0.864. The van der Waals surface area contributed by atoms with Crippen molar-refractivity contribution >= 4 is 17.3 Å². The summed E-state index contributed by atoms with van der Waals surface area (Å²) in [5.41, 5.74) is 2.52. The van der Waals surface area contributed by atoms with E-state index in [-0.39, 0.29) is 0 Å². The third kappa shape index (κ3) is 3.07. The highest BCUT2D eigenvalue weighted by atomic mass is 35.5. The summed E-state index contributed by atoms with van der Waals surface area (Å²) in [5, 5.41) is 4.20. The lowest BCUT2D eigenvalue weighted by atomic mass is 9.78. The standard InChI is InChI=1S/C18H27ClN2/c1-13(20-2)15-9-10-18(16(19)12-15)21-11-5-7-14-6-3-4-8-17(14)21/h9-10,12-14,17,20H,3-8,11H2,1-2H3/t13?,14-,17-/m1/s1. The predicted molar refractivity (Wildman–Crippen MR) is 91.3 cm³/mol. The molecule has 3 rings (SSSR count). The van der Waals surface area contributed by atoms with Gasteiger partial charge in [0.15, 0.2) is 0 Å². The lowest BCUT2D eigenvalue weighted by molar-refractivity contribution is 0.244. The van der Waals surface area contributed by atoms with Gasteiger partial charge in [0.25, 0.3) is 0 Å². The van der Waals surface area contributed by atoms with Gasteiger partial charge in [0.05, 0.1) is 10.7 Å². The molecule has 1 saturated heterocycles. The van der Waals surface area contributed by atoms with Gasteiger partial charge < -0.3 is 10.2 Å². The average molecular weight is 307 g/mol. The van der Waals surface area contributed by atoms with Crippen LogP contribution in [0.1, 0.15) is 57.1 Å². The minimum atomic E-state index is 0.348. The van der Waals surface area contributed by atoms with Crippen LogP contribution in [0.3, 0.4) is 0 Å². The van der Waals surface area contributed by atoms with Crippen LogP contribution in [0.2, 0.25) is 5.02 Å². The molecule has 1 aromatic carbocycles. The Kier molecular flexibility index (Phi) is 4.75. The van der Waals surface area contributed by atoms with E-state index in [0.717, 1.165) is 17.0 Å². The van der Waals surface area contributed by atoms with E-state index >= 15 is 0 Å². The van der Waals surface area contributed by atoms with Crippen molar-refractivity contribution < 1.29 is 0 Å². The van der Waals surface area contributed by atoms with Gasteiger partial charge in [-0.25, -0.2) is 0 Å². The highest BCUT2D eigenvalue weighted by Crippen LogP contribution is 2.40. The van der Waals surface area contributed by atoms with E-state index < -0.39 is 0 Å². The van der Waals surface area contributed by atoms with Crippen molar-refractivity contribution in [1.82, 2.24) is 5.32 Å². The third-order valence-electron chi connectivity index (χ3n) is 5.46. The number of benzene rings is 1. The number of halogens is 1. The van der Waals surface area contributed by atoms with Crippen LogP contribution in [0.4, 0.5) is 5.69 Å². The number of hydrogen-bond acceptors (Lipinski definition) is 2. The number of nitrogens with one attached hydrogen (secondary N) is 1. The number of rotatable bonds is 3. The van der Waals surface area contributed by atoms with Gasteiger partial charge in [0, 0.05) is 18.6 Å². The summed E-state index contributed by atoms with van der Waals surface area (Å²) in [6, 6.07) is 7.68. The summed E-state index contributed by atoms with van der Waals surface area (Å²) in [6.45, 7) is 3.34. The van der Waals surface area contributed by atoms with Crippen molar-refractivity contribution in [2.24, 2.45) is 5.92 Å². The number of anilines is 1. The van der Waals surface area contributed by atoms with Gasteiger partial charge in [-0.05, 0) is 63.3 Å². The van der Waals surface area contributed by atoms with E-state index in [9.17, 15) is 0 Å². The predicted octanol–water partition coefficient (Wildman–Crippen LogP) is 4.78. The van der Waals surface area contributed by atoms with Gasteiger partial charge in [-0.3, -0.25) is 0 Å². The van der Waals surface area contributed by atoms with Crippen LogP contribution >= 0.6 is 11.6 Å². The van der Waals surface area contributed by atoms with Crippen LogP contribution in [-0.2, 0) is 0 Å². The first-order valence-electron chi connectivity index (χ1n) is 8.44. The van der Waals surface area contributed by atoms with Gasteiger partial charge in [0.2, 0.25) is 0 Å². The van der Waals surface area contributed by atoms with E-state index in [1.165, 1.54) is 56.3 Å². The molecule has 21 heavy (non-hydrogen) atoms. The van der Waals surface area contributed by atoms with Crippen molar-refractivity contribution in [2.75, 3.05) is 18.5 Å². The summed E-state index contributed by atoms with van der Waals surface area (Å²) in [4.78, 5) is 2.60. The highest BCUT2D eigenvalue weighted by Gasteiger charge is 2.34. The molecule has 0 spiro atoms. The molecule has 3 heteroatoms. The van der Waals surface area contributed by atoms with E-state index in [2.05, 4.69) is 35.3 Å². The van der Waals surface area contributed by atoms with E-state index in [1.807, 2.05) is 7.05 Å². The van der Waals surface area contributed by atoms with Crippen LogP contribution < -0.4 is 10.2 Å². The SMILES string of the molecule is CNC(C)c1ccc(N2CCC[C@H]3CCCC[C@H]32)c(Cl)c1. The zero-order valence-electron chi connectivity index (χ0n) is 13.2. The van der Waals surface area contributed by atoms with Crippen molar-refractivity contribution in [3.8, 4) is 0 Å². The summed E-state index contributed by atoms with van der Waals surface area (Å²) >= 11 is 6.63. The first-order valence-corrected chi connectivity index (χ1v) is 8.82. The third-order valence-corrected chi connectivity index (χ3v) is 5.76. The molecule has 1 N–H and O–H groups in total. The Hall–Kier alpha value is -0.730. The fraction of sp³-hybridized carbons (Fsp3) is 0.667. The zero-order valence-corrected chi connectivity index (χ0v) is 14.0. The number of fused-ring (bicyclic) bond motifs is 1. The molecule has 1 unspecified atom stereocenters.